The van der Waals surface area contributed by atoms with Gasteiger partial charge in [-0.05, 0) is 65.9 Å². The summed E-state index contributed by atoms with van der Waals surface area (Å²) in [6, 6.07) is 13.6. The Kier molecular flexibility index (Phi) is 8.48. The van der Waals surface area contributed by atoms with Gasteiger partial charge in [-0.25, -0.2) is 13.2 Å². The minimum atomic E-state index is -4.42. The summed E-state index contributed by atoms with van der Waals surface area (Å²) in [7, 11) is -3.63. The maximum Gasteiger partial charge on any atom is 0.446 e. The molecule has 0 aliphatic rings. The van der Waals surface area contributed by atoms with E-state index in [-0.39, 0.29) is 51.2 Å². The summed E-state index contributed by atoms with van der Waals surface area (Å²) >= 11 is 5.75. The van der Waals surface area contributed by atoms with Gasteiger partial charge in [0.2, 0.25) is 10.0 Å². The first-order chi connectivity index (χ1) is 16.8. The molecule has 0 aromatic heterocycles. The number of carbonyl (C=O) groups is 1. The summed E-state index contributed by atoms with van der Waals surface area (Å²) in [5.74, 6) is -0.0787. The highest BCUT2D eigenvalue weighted by molar-refractivity contribution is 8.00. The van der Waals surface area contributed by atoms with Gasteiger partial charge in [0.15, 0.2) is 0 Å². The number of benzene rings is 3. The highest BCUT2D eigenvalue weighted by Gasteiger charge is 2.29. The molecule has 0 heterocycles. The van der Waals surface area contributed by atoms with Crippen LogP contribution < -0.4 is 20.1 Å². The fourth-order valence-electron chi connectivity index (χ4n) is 2.83. The number of thioether (sulfide) groups is 1. The topological polar surface area (TPSA) is 117 Å². The molecule has 0 radical (unpaired) electrons. The van der Waals surface area contributed by atoms with Crippen LogP contribution in [0.5, 0.6) is 11.5 Å². The van der Waals surface area contributed by atoms with Crippen molar-refractivity contribution in [3.05, 3.63) is 71.2 Å². The van der Waals surface area contributed by atoms with Gasteiger partial charge in [-0.3, -0.25) is 4.72 Å². The summed E-state index contributed by atoms with van der Waals surface area (Å²) in [6.45, 7) is 0.0849. The van der Waals surface area contributed by atoms with Crippen LogP contribution in [-0.2, 0) is 16.6 Å². The number of phenols is 1. The monoisotopic (exact) mass is 561 g/mol. The SMILES string of the molecule is CS(=O)(=O)Nc1cc(NC(=O)Nc2ccc(COc3ccc(SC(F)(F)F)cc3Cl)cc2)ccc1O. The predicted octanol–water partition coefficient (Wildman–Crippen LogP) is 6.25. The minimum absolute atomic E-state index is 0.0448. The molecule has 0 saturated heterocycles. The molecule has 0 atom stereocenters. The highest BCUT2D eigenvalue weighted by Crippen LogP contribution is 2.39. The van der Waals surface area contributed by atoms with Gasteiger partial charge in [-0.1, -0.05) is 23.7 Å². The molecule has 0 bridgehead atoms. The molecule has 0 fully saturated rings. The number of ether oxygens (including phenoxy) is 1. The van der Waals surface area contributed by atoms with Crippen molar-refractivity contribution >= 4 is 56.5 Å². The number of halogens is 4. The van der Waals surface area contributed by atoms with Crippen LogP contribution in [0.25, 0.3) is 0 Å². The van der Waals surface area contributed by atoms with E-state index in [9.17, 15) is 31.5 Å². The molecule has 8 nitrogen and oxygen atoms in total. The van der Waals surface area contributed by atoms with Crippen molar-refractivity contribution in [3.63, 3.8) is 0 Å². The maximum absolute atomic E-state index is 12.5. The van der Waals surface area contributed by atoms with Gasteiger partial charge >= 0.3 is 11.5 Å². The Morgan fingerprint density at radius 3 is 2.28 bits per heavy atom. The van der Waals surface area contributed by atoms with Gasteiger partial charge in [0, 0.05) is 16.3 Å². The van der Waals surface area contributed by atoms with E-state index in [0.717, 1.165) is 6.26 Å². The number of phenolic OH excluding ortho intramolecular Hbond substituents is 1. The maximum atomic E-state index is 12.5. The van der Waals surface area contributed by atoms with E-state index in [1.807, 2.05) is 0 Å². The summed E-state index contributed by atoms with van der Waals surface area (Å²) in [4.78, 5) is 12.2. The molecule has 0 unspecified atom stereocenters. The molecule has 192 valence electrons. The number of alkyl halides is 3. The summed E-state index contributed by atoms with van der Waals surface area (Å²) in [5, 5.41) is 14.9. The van der Waals surface area contributed by atoms with Crippen LogP contribution in [0.15, 0.2) is 65.6 Å². The normalized spacial score (nSPS) is 11.6. The Balaban J connectivity index is 1.55. The van der Waals surface area contributed by atoms with Crippen molar-refractivity contribution in [3.8, 4) is 11.5 Å². The quantitative estimate of drug-likeness (QED) is 0.147. The minimum Gasteiger partial charge on any atom is -0.506 e. The first kappa shape index (κ1) is 27.3. The number of hydrogen-bond donors (Lipinski definition) is 4. The fourth-order valence-corrected chi connectivity index (χ4v) is 4.27. The fraction of sp³-hybridized carbons (Fsp3) is 0.136. The van der Waals surface area contributed by atoms with Crippen LogP contribution in [0.3, 0.4) is 0 Å². The van der Waals surface area contributed by atoms with E-state index in [1.165, 1.54) is 36.4 Å². The second-order valence-corrected chi connectivity index (χ2v) is 10.6. The predicted molar refractivity (Wildman–Crippen MR) is 133 cm³/mol. The summed E-state index contributed by atoms with van der Waals surface area (Å²) in [5.41, 5.74) is -3.12. The lowest BCUT2D eigenvalue weighted by Gasteiger charge is -2.12. The van der Waals surface area contributed by atoms with Crippen molar-refractivity contribution in [2.24, 2.45) is 0 Å². The third kappa shape index (κ3) is 8.73. The lowest BCUT2D eigenvalue weighted by molar-refractivity contribution is -0.0328. The van der Waals surface area contributed by atoms with Gasteiger partial charge in [-0.2, -0.15) is 13.2 Å². The van der Waals surface area contributed by atoms with Crippen molar-refractivity contribution < 1.29 is 36.2 Å². The van der Waals surface area contributed by atoms with Crippen molar-refractivity contribution in [2.75, 3.05) is 21.6 Å². The first-order valence-corrected chi connectivity index (χ1v) is 13.0. The highest BCUT2D eigenvalue weighted by atomic mass is 35.5. The molecule has 0 saturated carbocycles. The molecular weight excluding hydrogens is 543 g/mol. The zero-order valence-corrected chi connectivity index (χ0v) is 20.8. The van der Waals surface area contributed by atoms with Gasteiger partial charge in [0.05, 0.1) is 17.0 Å². The van der Waals surface area contributed by atoms with Crippen molar-refractivity contribution in [1.82, 2.24) is 0 Å². The number of rotatable bonds is 8. The Morgan fingerprint density at radius 1 is 1.03 bits per heavy atom. The van der Waals surface area contributed by atoms with Crippen molar-refractivity contribution in [2.45, 2.75) is 17.0 Å². The molecule has 0 aliphatic carbocycles. The Morgan fingerprint density at radius 2 is 1.67 bits per heavy atom. The second-order valence-electron chi connectivity index (χ2n) is 7.31. The number of nitrogens with one attached hydrogen (secondary N) is 3. The molecule has 3 rings (SSSR count). The zero-order valence-electron chi connectivity index (χ0n) is 18.4. The van der Waals surface area contributed by atoms with Gasteiger partial charge in [0.25, 0.3) is 0 Å². The molecule has 0 spiro atoms. The molecule has 4 N–H and O–H groups in total. The number of urea groups is 1. The van der Waals surface area contributed by atoms with Crippen LogP contribution >= 0.6 is 23.4 Å². The molecule has 0 aliphatic heterocycles. The van der Waals surface area contributed by atoms with Gasteiger partial charge in [0.1, 0.15) is 18.1 Å². The average Bonchev–Trinajstić information content (AvgIpc) is 2.74. The van der Waals surface area contributed by atoms with Crippen LogP contribution in [0.4, 0.5) is 35.0 Å². The second kappa shape index (κ2) is 11.2. The lowest BCUT2D eigenvalue weighted by atomic mass is 10.2. The van der Waals surface area contributed by atoms with Crippen molar-refractivity contribution in [1.29, 1.82) is 0 Å². The Labute approximate surface area is 213 Å². The zero-order chi connectivity index (χ0) is 26.5. The van der Waals surface area contributed by atoms with Crippen LogP contribution in [0.2, 0.25) is 5.02 Å². The van der Waals surface area contributed by atoms with E-state index in [4.69, 9.17) is 16.3 Å². The number of hydrogen-bond acceptors (Lipinski definition) is 6. The Bertz CT molecular complexity index is 1350. The average molecular weight is 562 g/mol. The lowest BCUT2D eigenvalue weighted by Crippen LogP contribution is -2.19. The van der Waals surface area contributed by atoms with E-state index in [1.54, 1.807) is 24.3 Å². The van der Waals surface area contributed by atoms with E-state index >= 15 is 0 Å². The number of aromatic hydroxyl groups is 1. The molecule has 3 aromatic rings. The summed E-state index contributed by atoms with van der Waals surface area (Å²) < 4.78 is 67.9. The van der Waals surface area contributed by atoms with E-state index in [0.29, 0.717) is 11.3 Å². The number of amides is 2. The molecule has 14 heteroatoms. The number of carbonyl (C=O) groups excluding carboxylic acids is 1. The smallest absolute Gasteiger partial charge is 0.446 e. The molecular formula is C22H19ClF3N3O5S2. The number of sulfonamides is 1. The van der Waals surface area contributed by atoms with E-state index in [2.05, 4.69) is 15.4 Å². The molecule has 2 amide bonds. The van der Waals surface area contributed by atoms with Gasteiger partial charge < -0.3 is 20.5 Å². The van der Waals surface area contributed by atoms with Crippen LogP contribution in [-0.4, -0.2) is 31.3 Å². The van der Waals surface area contributed by atoms with Gasteiger partial charge in [-0.15, -0.1) is 0 Å². The Hall–Kier alpha value is -3.29. The summed E-state index contributed by atoms with van der Waals surface area (Å²) in [6.07, 6.45) is 0.927. The third-order valence-corrected chi connectivity index (χ3v) is 5.90. The molecule has 3 aromatic carbocycles. The molecule has 36 heavy (non-hydrogen) atoms. The third-order valence-electron chi connectivity index (χ3n) is 4.29. The first-order valence-electron chi connectivity index (χ1n) is 9.93. The van der Waals surface area contributed by atoms with Crippen LogP contribution in [0, 0.1) is 0 Å². The van der Waals surface area contributed by atoms with E-state index < -0.39 is 21.6 Å². The standard InChI is InChI=1S/C22H19ClF3N3O5S2/c1-36(32,33)29-18-10-15(6-8-19(18)30)28-21(31)27-14-4-2-13(3-5-14)12-34-20-9-7-16(11-17(20)23)35-22(24,25)26/h2-11,29-30H,12H2,1H3,(H2,27,28,31). The number of anilines is 3. The van der Waals surface area contributed by atoms with Crippen LogP contribution in [0.1, 0.15) is 5.56 Å². The largest absolute Gasteiger partial charge is 0.506 e.